The van der Waals surface area contributed by atoms with Crippen LogP contribution in [-0.2, 0) is 16.0 Å². The maximum Gasteiger partial charge on any atom is 0.322 e. The maximum absolute atomic E-state index is 13.6. The van der Waals surface area contributed by atoms with E-state index in [2.05, 4.69) is 9.72 Å². The van der Waals surface area contributed by atoms with Crippen LogP contribution in [0, 0.1) is 5.82 Å². The van der Waals surface area contributed by atoms with Crippen LogP contribution in [0.4, 0.5) is 4.39 Å². The predicted molar refractivity (Wildman–Crippen MR) is 73.3 cm³/mol. The summed E-state index contributed by atoms with van der Waals surface area (Å²) in [5.74, 6) is -0.819. The fourth-order valence-corrected chi connectivity index (χ4v) is 1.92. The van der Waals surface area contributed by atoms with Gasteiger partial charge in [0.25, 0.3) is 0 Å². The van der Waals surface area contributed by atoms with E-state index in [1.807, 2.05) is 12.1 Å². The second kappa shape index (κ2) is 6.25. The molecule has 2 rings (SSSR count). The number of aromatic nitrogens is 1. The topological polar surface area (TPSA) is 65.2 Å². The Morgan fingerprint density at radius 2 is 2.05 bits per heavy atom. The molecule has 104 valence electrons. The lowest BCUT2D eigenvalue weighted by atomic mass is 10.0. The largest absolute Gasteiger partial charge is 0.468 e. The van der Waals surface area contributed by atoms with E-state index in [1.54, 1.807) is 24.4 Å². The number of esters is 1. The van der Waals surface area contributed by atoms with E-state index >= 15 is 0 Å². The third-order valence-corrected chi connectivity index (χ3v) is 3.00. The monoisotopic (exact) mass is 274 g/mol. The molecule has 1 aromatic carbocycles. The first-order valence-corrected chi connectivity index (χ1v) is 6.14. The molecule has 0 radical (unpaired) electrons. The van der Waals surface area contributed by atoms with Crippen molar-refractivity contribution in [1.82, 2.24) is 4.98 Å². The number of pyridine rings is 1. The van der Waals surface area contributed by atoms with Crippen molar-refractivity contribution < 1.29 is 13.9 Å². The normalized spacial score (nSPS) is 11.9. The molecule has 4 nitrogen and oxygen atoms in total. The summed E-state index contributed by atoms with van der Waals surface area (Å²) in [5.41, 5.74) is 7.82. The average Bonchev–Trinajstić information content (AvgIpc) is 2.48. The number of nitrogens with two attached hydrogens (primary N) is 1. The van der Waals surface area contributed by atoms with Crippen LogP contribution in [0.25, 0.3) is 11.1 Å². The van der Waals surface area contributed by atoms with E-state index in [1.165, 1.54) is 13.3 Å². The van der Waals surface area contributed by atoms with E-state index in [9.17, 15) is 9.18 Å². The maximum atomic E-state index is 13.6. The lowest BCUT2D eigenvalue weighted by Gasteiger charge is -2.10. The molecule has 0 saturated carbocycles. The minimum atomic E-state index is -0.691. The van der Waals surface area contributed by atoms with Crippen molar-refractivity contribution in [1.29, 1.82) is 0 Å². The van der Waals surface area contributed by atoms with Gasteiger partial charge < -0.3 is 10.5 Å². The molecule has 0 aliphatic heterocycles. The third kappa shape index (κ3) is 3.19. The average molecular weight is 274 g/mol. The number of carbonyl (C=O) groups excluding carboxylic acids is 1. The van der Waals surface area contributed by atoms with E-state index in [0.29, 0.717) is 12.0 Å². The number of hydrogen-bond donors (Lipinski definition) is 1. The van der Waals surface area contributed by atoms with Crippen LogP contribution >= 0.6 is 0 Å². The minimum Gasteiger partial charge on any atom is -0.468 e. The van der Waals surface area contributed by atoms with Crippen LogP contribution in [0.1, 0.15) is 5.56 Å². The minimum absolute atomic E-state index is 0.369. The van der Waals surface area contributed by atoms with Gasteiger partial charge in [0.15, 0.2) is 0 Å². The molecule has 0 unspecified atom stereocenters. The van der Waals surface area contributed by atoms with Gasteiger partial charge in [0.2, 0.25) is 0 Å². The molecule has 0 fully saturated rings. The molecule has 2 N–H and O–H groups in total. The number of ether oxygens (including phenoxy) is 1. The molecular weight excluding hydrogens is 259 g/mol. The lowest BCUT2D eigenvalue weighted by molar-refractivity contribution is -0.142. The quantitative estimate of drug-likeness (QED) is 0.865. The van der Waals surface area contributed by atoms with Crippen molar-refractivity contribution in [2.24, 2.45) is 5.73 Å². The molecule has 5 heteroatoms. The van der Waals surface area contributed by atoms with Crippen LogP contribution < -0.4 is 5.73 Å². The zero-order valence-electron chi connectivity index (χ0n) is 11.0. The summed E-state index contributed by atoms with van der Waals surface area (Å²) < 4.78 is 18.2. The van der Waals surface area contributed by atoms with Gasteiger partial charge >= 0.3 is 5.97 Å². The van der Waals surface area contributed by atoms with Crippen molar-refractivity contribution in [2.45, 2.75) is 12.5 Å². The zero-order chi connectivity index (χ0) is 14.5. The second-order valence-electron chi connectivity index (χ2n) is 4.39. The Bertz CT molecular complexity index is 599. The van der Waals surface area contributed by atoms with E-state index in [0.717, 1.165) is 11.1 Å². The summed E-state index contributed by atoms with van der Waals surface area (Å²) >= 11 is 0. The van der Waals surface area contributed by atoms with Gasteiger partial charge in [-0.25, -0.2) is 4.39 Å². The number of benzene rings is 1. The van der Waals surface area contributed by atoms with Crippen LogP contribution in [0.3, 0.4) is 0 Å². The second-order valence-corrected chi connectivity index (χ2v) is 4.39. The van der Waals surface area contributed by atoms with Gasteiger partial charge in [0.1, 0.15) is 11.9 Å². The highest BCUT2D eigenvalue weighted by molar-refractivity contribution is 5.75. The molecule has 1 heterocycles. The van der Waals surface area contributed by atoms with Gasteiger partial charge in [-0.1, -0.05) is 24.3 Å². The summed E-state index contributed by atoms with van der Waals surface area (Å²) in [7, 11) is 1.30. The summed E-state index contributed by atoms with van der Waals surface area (Å²) in [6, 6.07) is 8.14. The molecule has 0 bridgehead atoms. The fourth-order valence-electron chi connectivity index (χ4n) is 1.92. The Morgan fingerprint density at radius 1 is 1.35 bits per heavy atom. The van der Waals surface area contributed by atoms with Gasteiger partial charge in [-0.3, -0.25) is 9.78 Å². The number of halogens is 1. The Hall–Kier alpha value is -2.27. The number of rotatable bonds is 4. The first-order chi connectivity index (χ1) is 9.61. The Labute approximate surface area is 116 Å². The molecule has 0 spiro atoms. The molecule has 0 amide bonds. The van der Waals surface area contributed by atoms with Crippen LogP contribution in [-0.4, -0.2) is 24.1 Å². The Kier molecular flexibility index (Phi) is 4.42. The smallest absolute Gasteiger partial charge is 0.322 e. The first kappa shape index (κ1) is 14.1. The Morgan fingerprint density at radius 3 is 2.65 bits per heavy atom. The number of methoxy groups -OCH3 is 1. The van der Waals surface area contributed by atoms with E-state index in [4.69, 9.17) is 5.73 Å². The lowest BCUT2D eigenvalue weighted by Crippen LogP contribution is -2.33. The SMILES string of the molecule is COC(=O)[C@@H](N)Cc1ccc(-c2ccncc2F)cc1. The van der Waals surface area contributed by atoms with Gasteiger partial charge in [0, 0.05) is 11.8 Å². The number of hydrogen-bond acceptors (Lipinski definition) is 4. The third-order valence-electron chi connectivity index (χ3n) is 3.00. The first-order valence-electron chi connectivity index (χ1n) is 6.14. The van der Waals surface area contributed by atoms with Crippen molar-refractivity contribution in [2.75, 3.05) is 7.11 Å². The number of carbonyl (C=O) groups is 1. The molecule has 20 heavy (non-hydrogen) atoms. The van der Waals surface area contributed by atoms with Crippen molar-refractivity contribution in [3.63, 3.8) is 0 Å². The molecule has 2 aromatic rings. The predicted octanol–water partition coefficient (Wildman–Crippen LogP) is 1.93. The summed E-state index contributed by atoms with van der Waals surface area (Å²) in [6.45, 7) is 0. The van der Waals surface area contributed by atoms with E-state index in [-0.39, 0.29) is 5.82 Å². The van der Waals surface area contributed by atoms with E-state index < -0.39 is 12.0 Å². The molecule has 0 aliphatic carbocycles. The molecule has 0 saturated heterocycles. The van der Waals surface area contributed by atoms with Crippen LogP contribution in [0.2, 0.25) is 0 Å². The summed E-state index contributed by atoms with van der Waals surface area (Å²) in [6.07, 6.45) is 3.10. The highest BCUT2D eigenvalue weighted by atomic mass is 19.1. The standard InChI is InChI=1S/C15H15FN2O2/c1-20-15(19)14(17)8-10-2-4-11(5-3-10)12-6-7-18-9-13(12)16/h2-7,9,14H,8,17H2,1H3/t14-/m0/s1. The molecule has 1 aromatic heterocycles. The highest BCUT2D eigenvalue weighted by Crippen LogP contribution is 2.22. The number of nitrogens with zero attached hydrogens (tertiary/aromatic N) is 1. The van der Waals surface area contributed by atoms with Crippen molar-refractivity contribution in [3.05, 3.63) is 54.1 Å². The summed E-state index contributed by atoms with van der Waals surface area (Å²) in [5, 5.41) is 0. The van der Waals surface area contributed by atoms with Gasteiger partial charge in [-0.2, -0.15) is 0 Å². The van der Waals surface area contributed by atoms with Gasteiger partial charge in [-0.15, -0.1) is 0 Å². The van der Waals surface area contributed by atoms with Crippen LogP contribution in [0.15, 0.2) is 42.7 Å². The highest BCUT2D eigenvalue weighted by Gasteiger charge is 2.14. The van der Waals surface area contributed by atoms with Crippen molar-refractivity contribution in [3.8, 4) is 11.1 Å². The van der Waals surface area contributed by atoms with Gasteiger partial charge in [0.05, 0.1) is 13.3 Å². The molecule has 0 aliphatic rings. The van der Waals surface area contributed by atoms with Gasteiger partial charge in [-0.05, 0) is 23.6 Å². The van der Waals surface area contributed by atoms with Crippen LogP contribution in [0.5, 0.6) is 0 Å². The Balaban J connectivity index is 2.15. The fraction of sp³-hybridized carbons (Fsp3) is 0.200. The molecular formula is C15H15FN2O2. The molecule has 1 atom stereocenters. The van der Waals surface area contributed by atoms with Crippen molar-refractivity contribution >= 4 is 5.97 Å². The summed E-state index contributed by atoms with van der Waals surface area (Å²) in [4.78, 5) is 15.0. The zero-order valence-corrected chi connectivity index (χ0v) is 11.0.